The molecule has 13 heavy (non-hydrogen) atoms. The minimum absolute atomic E-state index is 0.134. The fourth-order valence-electron chi connectivity index (χ4n) is 1.41. The van der Waals surface area contributed by atoms with Gasteiger partial charge < -0.3 is 5.73 Å². The molecule has 2 N–H and O–H groups in total. The third-order valence-corrected chi connectivity index (χ3v) is 1.92. The summed E-state index contributed by atoms with van der Waals surface area (Å²) >= 11 is 0. The first kappa shape index (κ1) is 9.93. The summed E-state index contributed by atoms with van der Waals surface area (Å²) in [4.78, 5) is 11.5. The molecule has 1 aromatic carbocycles. The minimum Gasteiger partial charge on any atom is -0.330 e. The molecule has 0 bridgehead atoms. The summed E-state index contributed by atoms with van der Waals surface area (Å²) in [5.41, 5.74) is 8.35. The van der Waals surface area contributed by atoms with Gasteiger partial charge in [-0.3, -0.25) is 4.79 Å². The molecule has 1 rings (SSSR count). The summed E-state index contributed by atoms with van der Waals surface area (Å²) in [6, 6.07) is 5.87. The Kier molecular flexibility index (Phi) is 3.20. The number of hydrogen-bond acceptors (Lipinski definition) is 2. The van der Waals surface area contributed by atoms with E-state index in [1.54, 1.807) is 0 Å². The molecular formula is C11H15NO. The number of Topliss-reactive ketones (excluding diaryl/α,β-unsaturated/α-hetero) is 1. The van der Waals surface area contributed by atoms with E-state index in [0.29, 0.717) is 13.0 Å². The van der Waals surface area contributed by atoms with Crippen molar-refractivity contribution in [2.45, 2.75) is 20.3 Å². The van der Waals surface area contributed by atoms with Crippen molar-refractivity contribution in [3.05, 3.63) is 34.9 Å². The van der Waals surface area contributed by atoms with Gasteiger partial charge in [-0.25, -0.2) is 0 Å². The van der Waals surface area contributed by atoms with Gasteiger partial charge in [0.2, 0.25) is 0 Å². The van der Waals surface area contributed by atoms with Crippen LogP contribution in [0.25, 0.3) is 0 Å². The zero-order valence-electron chi connectivity index (χ0n) is 8.13. The van der Waals surface area contributed by atoms with E-state index < -0.39 is 0 Å². The summed E-state index contributed by atoms with van der Waals surface area (Å²) in [6.45, 7) is 4.41. The van der Waals surface area contributed by atoms with Crippen molar-refractivity contribution in [1.29, 1.82) is 0 Å². The predicted octanol–water partition coefficient (Wildman–Crippen LogP) is 1.83. The summed E-state index contributed by atoms with van der Waals surface area (Å²) in [7, 11) is 0. The molecule has 0 amide bonds. The van der Waals surface area contributed by atoms with Crippen LogP contribution in [0.4, 0.5) is 0 Å². The number of carbonyl (C=O) groups excluding carboxylic acids is 1. The Bertz CT molecular complexity index is 298. The number of hydrogen-bond donors (Lipinski definition) is 1. The maximum atomic E-state index is 11.5. The van der Waals surface area contributed by atoms with Crippen molar-refractivity contribution in [3.8, 4) is 0 Å². The van der Waals surface area contributed by atoms with Crippen LogP contribution in [0.3, 0.4) is 0 Å². The maximum Gasteiger partial charge on any atom is 0.164 e. The molecular weight excluding hydrogens is 162 g/mol. The highest BCUT2D eigenvalue weighted by molar-refractivity contribution is 5.96. The Morgan fingerprint density at radius 1 is 1.23 bits per heavy atom. The molecule has 0 aliphatic heterocycles. The summed E-state index contributed by atoms with van der Waals surface area (Å²) in [5.74, 6) is 0.134. The average Bonchev–Trinajstić information content (AvgIpc) is 2.03. The van der Waals surface area contributed by atoms with Crippen LogP contribution in [-0.4, -0.2) is 12.3 Å². The molecule has 0 spiro atoms. The molecule has 0 radical (unpaired) electrons. The lowest BCUT2D eigenvalue weighted by atomic mass is 10.0. The second-order valence-electron chi connectivity index (χ2n) is 3.34. The first-order valence-electron chi connectivity index (χ1n) is 4.45. The Morgan fingerprint density at radius 2 is 1.77 bits per heavy atom. The lowest BCUT2D eigenvalue weighted by Gasteiger charge is -2.02. The predicted molar refractivity (Wildman–Crippen MR) is 53.9 cm³/mol. The van der Waals surface area contributed by atoms with E-state index in [1.807, 2.05) is 26.0 Å². The van der Waals surface area contributed by atoms with Gasteiger partial charge in [-0.1, -0.05) is 17.2 Å². The van der Waals surface area contributed by atoms with E-state index in [1.165, 1.54) is 0 Å². The summed E-state index contributed by atoms with van der Waals surface area (Å²) in [6.07, 6.45) is 0.433. The maximum absolute atomic E-state index is 11.5. The van der Waals surface area contributed by atoms with Crippen LogP contribution in [0.1, 0.15) is 27.9 Å². The number of benzene rings is 1. The van der Waals surface area contributed by atoms with Crippen molar-refractivity contribution in [2.75, 3.05) is 6.54 Å². The van der Waals surface area contributed by atoms with Crippen LogP contribution in [0.5, 0.6) is 0 Å². The number of ketones is 1. The number of rotatable bonds is 3. The first-order valence-corrected chi connectivity index (χ1v) is 4.45. The Morgan fingerprint density at radius 3 is 2.23 bits per heavy atom. The van der Waals surface area contributed by atoms with Crippen molar-refractivity contribution in [2.24, 2.45) is 5.73 Å². The summed E-state index contributed by atoms with van der Waals surface area (Å²) in [5, 5.41) is 0. The minimum atomic E-state index is 0.134. The van der Waals surface area contributed by atoms with E-state index in [-0.39, 0.29) is 5.78 Å². The van der Waals surface area contributed by atoms with E-state index in [0.717, 1.165) is 16.7 Å². The lowest BCUT2D eigenvalue weighted by Crippen LogP contribution is -2.08. The number of nitrogens with two attached hydrogens (primary N) is 1. The van der Waals surface area contributed by atoms with Gasteiger partial charge in [0.25, 0.3) is 0 Å². The fraction of sp³-hybridized carbons (Fsp3) is 0.364. The van der Waals surface area contributed by atoms with Gasteiger partial charge >= 0.3 is 0 Å². The second kappa shape index (κ2) is 4.19. The van der Waals surface area contributed by atoms with E-state index in [9.17, 15) is 4.79 Å². The molecule has 2 heteroatoms. The SMILES string of the molecule is Cc1cc(C)cc(C(=O)CCN)c1. The van der Waals surface area contributed by atoms with E-state index >= 15 is 0 Å². The average molecular weight is 177 g/mol. The normalized spacial score (nSPS) is 10.1. The van der Waals surface area contributed by atoms with Crippen molar-refractivity contribution >= 4 is 5.78 Å². The topological polar surface area (TPSA) is 43.1 Å². The highest BCUT2D eigenvalue weighted by atomic mass is 16.1. The molecule has 0 aliphatic rings. The van der Waals surface area contributed by atoms with Crippen LogP contribution < -0.4 is 5.73 Å². The molecule has 0 aromatic heterocycles. The van der Waals surface area contributed by atoms with Crippen LogP contribution in [0, 0.1) is 13.8 Å². The van der Waals surface area contributed by atoms with Crippen LogP contribution in [0.2, 0.25) is 0 Å². The van der Waals surface area contributed by atoms with Gasteiger partial charge in [0.05, 0.1) is 0 Å². The van der Waals surface area contributed by atoms with Gasteiger partial charge in [-0.05, 0) is 32.5 Å². The van der Waals surface area contributed by atoms with Gasteiger partial charge in [-0.15, -0.1) is 0 Å². The van der Waals surface area contributed by atoms with Crippen LogP contribution >= 0.6 is 0 Å². The van der Waals surface area contributed by atoms with E-state index in [4.69, 9.17) is 5.73 Å². The molecule has 0 atom stereocenters. The van der Waals surface area contributed by atoms with Gasteiger partial charge in [0.15, 0.2) is 5.78 Å². The highest BCUT2D eigenvalue weighted by Gasteiger charge is 2.04. The fourth-order valence-corrected chi connectivity index (χ4v) is 1.41. The zero-order chi connectivity index (χ0) is 9.84. The summed E-state index contributed by atoms with van der Waals surface area (Å²) < 4.78 is 0. The highest BCUT2D eigenvalue weighted by Crippen LogP contribution is 2.10. The third-order valence-electron chi connectivity index (χ3n) is 1.92. The molecule has 2 nitrogen and oxygen atoms in total. The standard InChI is InChI=1S/C11H15NO/c1-8-5-9(2)7-10(6-8)11(13)3-4-12/h5-7H,3-4,12H2,1-2H3. The molecule has 0 aliphatic carbocycles. The van der Waals surface area contributed by atoms with Crippen LogP contribution in [0.15, 0.2) is 18.2 Å². The quantitative estimate of drug-likeness (QED) is 0.716. The molecule has 1 aromatic rings. The third kappa shape index (κ3) is 2.67. The first-order chi connectivity index (χ1) is 6.13. The monoisotopic (exact) mass is 177 g/mol. The van der Waals surface area contributed by atoms with Gasteiger partial charge in [-0.2, -0.15) is 0 Å². The molecule has 0 unspecified atom stereocenters. The Hall–Kier alpha value is -1.15. The van der Waals surface area contributed by atoms with Gasteiger partial charge in [0.1, 0.15) is 0 Å². The molecule has 0 saturated carbocycles. The second-order valence-corrected chi connectivity index (χ2v) is 3.34. The lowest BCUT2D eigenvalue weighted by molar-refractivity contribution is 0.0985. The zero-order valence-corrected chi connectivity index (χ0v) is 8.13. The molecule has 0 fully saturated rings. The van der Waals surface area contributed by atoms with Crippen molar-refractivity contribution < 1.29 is 4.79 Å². The molecule has 70 valence electrons. The van der Waals surface area contributed by atoms with E-state index in [2.05, 4.69) is 6.07 Å². The van der Waals surface area contributed by atoms with Crippen molar-refractivity contribution in [3.63, 3.8) is 0 Å². The largest absolute Gasteiger partial charge is 0.330 e. The van der Waals surface area contributed by atoms with Gasteiger partial charge in [0, 0.05) is 12.0 Å². The molecule has 0 saturated heterocycles. The Labute approximate surface area is 78.8 Å². The smallest absolute Gasteiger partial charge is 0.164 e. The number of carbonyl (C=O) groups is 1. The van der Waals surface area contributed by atoms with Crippen LogP contribution in [-0.2, 0) is 0 Å². The Balaban J connectivity index is 2.94. The molecule has 0 heterocycles. The van der Waals surface area contributed by atoms with Crippen molar-refractivity contribution in [1.82, 2.24) is 0 Å². The number of aryl methyl sites for hydroxylation is 2.